The van der Waals surface area contributed by atoms with Crippen LogP contribution in [0.3, 0.4) is 0 Å². The fourth-order valence-corrected chi connectivity index (χ4v) is 1.12. The summed E-state index contributed by atoms with van der Waals surface area (Å²) in [4.78, 5) is 11.6. The van der Waals surface area contributed by atoms with E-state index in [1.807, 2.05) is 0 Å². The maximum absolute atomic E-state index is 12.7. The lowest BCUT2D eigenvalue weighted by Crippen LogP contribution is -2.43. The van der Waals surface area contributed by atoms with Crippen molar-refractivity contribution in [2.24, 2.45) is 0 Å². The molecule has 0 spiro atoms. The molecule has 0 aliphatic heterocycles. The van der Waals surface area contributed by atoms with E-state index in [1.165, 1.54) is 6.92 Å². The van der Waals surface area contributed by atoms with E-state index in [0.29, 0.717) is 0 Å². The number of halogens is 1. The van der Waals surface area contributed by atoms with Crippen molar-refractivity contribution in [1.29, 1.82) is 0 Å². The number of phenols is 1. The first-order chi connectivity index (χ1) is 7.85. The molecular weight excluding hydrogens is 229 g/mol. The number of aliphatic hydroxyl groups excluding tert-OH is 1. The Morgan fingerprint density at radius 2 is 2.18 bits per heavy atom. The molecule has 1 rings (SSSR count). The molecule has 5 nitrogen and oxygen atoms in total. The second kappa shape index (κ2) is 5.11. The van der Waals surface area contributed by atoms with Crippen molar-refractivity contribution >= 4 is 5.91 Å². The fraction of sp³-hybridized carbons (Fsp3) is 0.364. The van der Waals surface area contributed by atoms with E-state index in [0.717, 1.165) is 18.2 Å². The van der Waals surface area contributed by atoms with Crippen LogP contribution in [0.4, 0.5) is 4.39 Å². The van der Waals surface area contributed by atoms with Crippen LogP contribution in [-0.2, 0) is 0 Å². The maximum atomic E-state index is 12.7. The highest BCUT2D eigenvalue weighted by Crippen LogP contribution is 2.17. The predicted octanol–water partition coefficient (Wildman–Crippen LogP) is 0.00440. The number of nitrogens with one attached hydrogen (secondary N) is 1. The van der Waals surface area contributed by atoms with Crippen molar-refractivity contribution < 1.29 is 24.5 Å². The molecule has 0 fully saturated rings. The summed E-state index contributed by atoms with van der Waals surface area (Å²) < 4.78 is 12.7. The Kier molecular flexibility index (Phi) is 4.03. The van der Waals surface area contributed by atoms with Crippen LogP contribution in [-0.4, -0.2) is 40.0 Å². The number of hydrogen-bond donors (Lipinski definition) is 4. The van der Waals surface area contributed by atoms with Gasteiger partial charge in [0, 0.05) is 12.6 Å². The van der Waals surface area contributed by atoms with Gasteiger partial charge in [-0.2, -0.15) is 0 Å². The van der Waals surface area contributed by atoms with Crippen LogP contribution in [0.5, 0.6) is 5.75 Å². The quantitative estimate of drug-likeness (QED) is 0.599. The standard InChI is InChI=1S/C11H14FNO4/c1-11(17,6-14)5-13-10(16)8-3-2-7(12)4-9(8)15/h2-4,14-15,17H,5-6H2,1H3,(H,13,16). The number of benzene rings is 1. The molecule has 4 N–H and O–H groups in total. The van der Waals surface area contributed by atoms with Crippen LogP contribution >= 0.6 is 0 Å². The zero-order valence-electron chi connectivity index (χ0n) is 9.27. The maximum Gasteiger partial charge on any atom is 0.255 e. The van der Waals surface area contributed by atoms with Crippen LogP contribution in [0.2, 0.25) is 0 Å². The lowest BCUT2D eigenvalue weighted by atomic mass is 10.1. The third-order valence-electron chi connectivity index (χ3n) is 2.17. The van der Waals surface area contributed by atoms with E-state index in [-0.39, 0.29) is 12.1 Å². The number of carbonyl (C=O) groups is 1. The molecule has 0 aliphatic carbocycles. The monoisotopic (exact) mass is 243 g/mol. The lowest BCUT2D eigenvalue weighted by molar-refractivity contribution is 0.00318. The smallest absolute Gasteiger partial charge is 0.255 e. The van der Waals surface area contributed by atoms with E-state index in [9.17, 15) is 19.4 Å². The summed E-state index contributed by atoms with van der Waals surface area (Å²) in [6.45, 7) is 0.652. The van der Waals surface area contributed by atoms with Crippen LogP contribution < -0.4 is 5.32 Å². The Morgan fingerprint density at radius 3 is 2.71 bits per heavy atom. The highest BCUT2D eigenvalue weighted by Gasteiger charge is 2.21. The number of amides is 1. The minimum absolute atomic E-state index is 0.0971. The van der Waals surface area contributed by atoms with E-state index >= 15 is 0 Å². The summed E-state index contributed by atoms with van der Waals surface area (Å²) in [5.74, 6) is -1.79. The minimum Gasteiger partial charge on any atom is -0.507 e. The molecule has 0 bridgehead atoms. The first kappa shape index (κ1) is 13.4. The Hall–Kier alpha value is -1.66. The average Bonchev–Trinajstić information content (AvgIpc) is 2.26. The van der Waals surface area contributed by atoms with Crippen molar-refractivity contribution in [3.8, 4) is 5.75 Å². The van der Waals surface area contributed by atoms with Gasteiger partial charge in [0.05, 0.1) is 12.2 Å². The van der Waals surface area contributed by atoms with Gasteiger partial charge in [0.15, 0.2) is 0 Å². The molecule has 1 amide bonds. The van der Waals surface area contributed by atoms with Gasteiger partial charge in [-0.05, 0) is 19.1 Å². The van der Waals surface area contributed by atoms with Gasteiger partial charge in [-0.15, -0.1) is 0 Å². The van der Waals surface area contributed by atoms with Gasteiger partial charge in [0.1, 0.15) is 17.2 Å². The van der Waals surface area contributed by atoms with Crippen molar-refractivity contribution in [2.45, 2.75) is 12.5 Å². The first-order valence-electron chi connectivity index (χ1n) is 4.96. The molecule has 1 aromatic rings. The number of aliphatic hydroxyl groups is 2. The van der Waals surface area contributed by atoms with Gasteiger partial charge in [-0.25, -0.2) is 4.39 Å². The Bertz CT molecular complexity index is 420. The Labute approximate surface area is 97.5 Å². The molecule has 0 aromatic heterocycles. The summed E-state index contributed by atoms with van der Waals surface area (Å²) in [7, 11) is 0. The molecule has 0 heterocycles. The molecule has 0 saturated heterocycles. The average molecular weight is 243 g/mol. The normalized spacial score (nSPS) is 14.1. The summed E-state index contributed by atoms with van der Waals surface area (Å²) in [5.41, 5.74) is -1.54. The summed E-state index contributed by atoms with van der Waals surface area (Å²) in [5, 5.41) is 29.9. The van der Waals surface area contributed by atoms with Gasteiger partial charge in [0.2, 0.25) is 0 Å². The second-order valence-corrected chi connectivity index (χ2v) is 4.00. The van der Waals surface area contributed by atoms with Gasteiger partial charge in [0.25, 0.3) is 5.91 Å². The van der Waals surface area contributed by atoms with Gasteiger partial charge in [-0.3, -0.25) is 4.79 Å². The van der Waals surface area contributed by atoms with Gasteiger partial charge < -0.3 is 20.6 Å². The predicted molar refractivity (Wildman–Crippen MR) is 58.1 cm³/mol. The second-order valence-electron chi connectivity index (χ2n) is 4.00. The largest absolute Gasteiger partial charge is 0.507 e. The third kappa shape index (κ3) is 3.69. The molecule has 1 atom stereocenters. The Balaban J connectivity index is 2.71. The van der Waals surface area contributed by atoms with Gasteiger partial charge in [-0.1, -0.05) is 0 Å². The van der Waals surface area contributed by atoms with Gasteiger partial charge >= 0.3 is 0 Å². The molecule has 17 heavy (non-hydrogen) atoms. The number of phenolic OH excluding ortho intramolecular Hbond substituents is 1. The SMILES string of the molecule is CC(O)(CO)CNC(=O)c1ccc(F)cc1O. The molecule has 0 radical (unpaired) electrons. The Morgan fingerprint density at radius 1 is 1.53 bits per heavy atom. The number of rotatable bonds is 4. The summed E-state index contributed by atoms with van der Waals surface area (Å²) in [6.07, 6.45) is 0. The zero-order chi connectivity index (χ0) is 13.1. The van der Waals surface area contributed by atoms with E-state index in [4.69, 9.17) is 5.11 Å². The van der Waals surface area contributed by atoms with Crippen molar-refractivity contribution in [2.75, 3.05) is 13.2 Å². The van der Waals surface area contributed by atoms with Crippen LogP contribution in [0.1, 0.15) is 17.3 Å². The third-order valence-corrected chi connectivity index (χ3v) is 2.17. The molecule has 6 heteroatoms. The molecule has 0 saturated carbocycles. The van der Waals surface area contributed by atoms with Crippen LogP contribution in [0.15, 0.2) is 18.2 Å². The van der Waals surface area contributed by atoms with E-state index < -0.39 is 29.7 Å². The number of aromatic hydroxyl groups is 1. The van der Waals surface area contributed by atoms with E-state index in [2.05, 4.69) is 5.32 Å². The zero-order valence-corrected chi connectivity index (χ0v) is 9.27. The van der Waals surface area contributed by atoms with Crippen molar-refractivity contribution in [1.82, 2.24) is 5.32 Å². The summed E-state index contributed by atoms with van der Waals surface area (Å²) in [6, 6.07) is 2.99. The highest BCUT2D eigenvalue weighted by molar-refractivity contribution is 5.96. The van der Waals surface area contributed by atoms with E-state index in [1.54, 1.807) is 0 Å². The number of carbonyl (C=O) groups excluding carboxylic acids is 1. The first-order valence-corrected chi connectivity index (χ1v) is 4.96. The molecular formula is C11H14FNO4. The minimum atomic E-state index is -1.44. The molecule has 0 aliphatic rings. The lowest BCUT2D eigenvalue weighted by Gasteiger charge is -2.20. The van der Waals surface area contributed by atoms with Crippen LogP contribution in [0.25, 0.3) is 0 Å². The topological polar surface area (TPSA) is 89.8 Å². The number of hydrogen-bond acceptors (Lipinski definition) is 4. The molecule has 1 aromatic carbocycles. The van der Waals surface area contributed by atoms with Crippen LogP contribution in [0, 0.1) is 5.82 Å². The molecule has 94 valence electrons. The fourth-order valence-electron chi connectivity index (χ4n) is 1.12. The van der Waals surface area contributed by atoms with Crippen molar-refractivity contribution in [3.63, 3.8) is 0 Å². The highest BCUT2D eigenvalue weighted by atomic mass is 19.1. The van der Waals surface area contributed by atoms with Crippen molar-refractivity contribution in [3.05, 3.63) is 29.6 Å². The summed E-state index contributed by atoms with van der Waals surface area (Å²) >= 11 is 0. The molecule has 1 unspecified atom stereocenters.